The minimum atomic E-state index is -0.0819. The predicted octanol–water partition coefficient (Wildman–Crippen LogP) is 3.72. The van der Waals surface area contributed by atoms with Crippen LogP contribution in [0.25, 0.3) is 0 Å². The number of hydrogen-bond acceptors (Lipinski definition) is 3. The number of aliphatic imine (C=N–C) groups is 1. The smallest absolute Gasteiger partial charge is 0.191 e. The van der Waals surface area contributed by atoms with Crippen molar-refractivity contribution in [1.29, 1.82) is 0 Å². The summed E-state index contributed by atoms with van der Waals surface area (Å²) in [6, 6.07) is 8.21. The van der Waals surface area contributed by atoms with E-state index in [1.54, 1.807) is 0 Å². The Morgan fingerprint density at radius 3 is 2.81 bits per heavy atom. The van der Waals surface area contributed by atoms with Crippen LogP contribution in [0.4, 0.5) is 0 Å². The lowest BCUT2D eigenvalue weighted by Crippen LogP contribution is -2.45. The Morgan fingerprint density at radius 2 is 2.12 bits per heavy atom. The quantitative estimate of drug-likeness (QED) is 0.344. The largest absolute Gasteiger partial charge is 0.493 e. The highest BCUT2D eigenvalue weighted by atomic mass is 127. The molecule has 0 aromatic heterocycles. The Balaban J connectivity index is 0.00000243. The second-order valence-electron chi connectivity index (χ2n) is 7.31. The second-order valence-corrected chi connectivity index (χ2v) is 7.31. The summed E-state index contributed by atoms with van der Waals surface area (Å²) in [4.78, 5) is 4.74. The summed E-state index contributed by atoms with van der Waals surface area (Å²) >= 11 is 0. The molecule has 0 radical (unpaired) electrons. The average molecular weight is 473 g/mol. The van der Waals surface area contributed by atoms with Crippen LogP contribution in [0.2, 0.25) is 0 Å². The van der Waals surface area contributed by atoms with Crippen LogP contribution in [0.5, 0.6) is 5.75 Å². The minimum absolute atomic E-state index is 0. The second kappa shape index (κ2) is 10.3. The molecule has 5 nitrogen and oxygen atoms in total. The van der Waals surface area contributed by atoms with Crippen LogP contribution in [-0.2, 0) is 11.3 Å². The van der Waals surface area contributed by atoms with E-state index in [0.717, 1.165) is 62.3 Å². The molecule has 2 fully saturated rings. The number of ether oxygens (including phenoxy) is 2. The van der Waals surface area contributed by atoms with Crippen molar-refractivity contribution < 1.29 is 9.47 Å². The Hall–Kier alpha value is -1.02. The molecular weight excluding hydrogens is 441 g/mol. The van der Waals surface area contributed by atoms with Gasteiger partial charge in [0.2, 0.25) is 0 Å². The van der Waals surface area contributed by atoms with E-state index in [0.29, 0.717) is 6.54 Å². The van der Waals surface area contributed by atoms with Crippen molar-refractivity contribution in [3.63, 3.8) is 0 Å². The lowest BCUT2D eigenvalue weighted by molar-refractivity contribution is 0.0243. The van der Waals surface area contributed by atoms with Crippen molar-refractivity contribution in [2.45, 2.75) is 51.7 Å². The zero-order valence-electron chi connectivity index (χ0n) is 15.9. The third-order valence-electron chi connectivity index (χ3n) is 4.83. The number of rotatable bonds is 8. The number of halogens is 1. The summed E-state index contributed by atoms with van der Waals surface area (Å²) in [7, 11) is 0. The zero-order chi connectivity index (χ0) is 17.5. The topological polar surface area (TPSA) is 54.9 Å². The van der Waals surface area contributed by atoms with Gasteiger partial charge in [0.1, 0.15) is 5.75 Å². The molecule has 26 heavy (non-hydrogen) atoms. The van der Waals surface area contributed by atoms with Crippen LogP contribution in [0.3, 0.4) is 0 Å². The highest BCUT2D eigenvalue weighted by Gasteiger charge is 2.29. The highest BCUT2D eigenvalue weighted by molar-refractivity contribution is 14.0. The van der Waals surface area contributed by atoms with Gasteiger partial charge in [-0.2, -0.15) is 0 Å². The van der Waals surface area contributed by atoms with Gasteiger partial charge in [-0.15, -0.1) is 24.0 Å². The fourth-order valence-electron chi connectivity index (χ4n) is 3.02. The van der Waals surface area contributed by atoms with E-state index in [2.05, 4.69) is 30.5 Å². The first kappa shape index (κ1) is 21.3. The maximum atomic E-state index is 5.98. The molecule has 1 aromatic carbocycles. The zero-order valence-corrected chi connectivity index (χ0v) is 18.3. The maximum absolute atomic E-state index is 5.98. The number of hydrogen-bond donors (Lipinski definition) is 2. The maximum Gasteiger partial charge on any atom is 0.191 e. The van der Waals surface area contributed by atoms with Gasteiger partial charge in [-0.05, 0) is 51.5 Å². The molecule has 1 aliphatic carbocycles. The third kappa shape index (κ3) is 6.61. The van der Waals surface area contributed by atoms with Crippen LogP contribution in [0, 0.1) is 5.92 Å². The molecule has 1 aromatic rings. The van der Waals surface area contributed by atoms with E-state index in [1.807, 2.05) is 18.2 Å². The van der Waals surface area contributed by atoms with Gasteiger partial charge in [0.15, 0.2) is 5.96 Å². The van der Waals surface area contributed by atoms with Crippen LogP contribution in [-0.4, -0.2) is 37.9 Å². The predicted molar refractivity (Wildman–Crippen MR) is 116 cm³/mol. The number of nitrogens with one attached hydrogen (secondary N) is 2. The molecule has 0 spiro atoms. The molecule has 6 heteroatoms. The molecule has 0 amide bonds. The van der Waals surface area contributed by atoms with Gasteiger partial charge in [0, 0.05) is 25.3 Å². The van der Waals surface area contributed by atoms with Crippen molar-refractivity contribution in [1.82, 2.24) is 10.6 Å². The van der Waals surface area contributed by atoms with E-state index >= 15 is 0 Å². The van der Waals surface area contributed by atoms with Crippen molar-refractivity contribution >= 4 is 29.9 Å². The molecule has 2 aliphatic rings. The Labute approximate surface area is 174 Å². The first-order chi connectivity index (χ1) is 12.2. The Bertz CT molecular complexity index is 584. The molecule has 1 aliphatic heterocycles. The first-order valence-corrected chi connectivity index (χ1v) is 9.55. The van der Waals surface area contributed by atoms with E-state index < -0.39 is 0 Å². The van der Waals surface area contributed by atoms with Crippen molar-refractivity contribution in [3.05, 3.63) is 29.8 Å². The Kier molecular flexibility index (Phi) is 8.47. The SMILES string of the molecule is CCNC(=NCc1ccccc1OCC1CC1)NCC1(C)CCCO1.I. The molecule has 1 atom stereocenters. The van der Waals surface area contributed by atoms with E-state index in [1.165, 1.54) is 12.8 Å². The standard InChI is InChI=1S/C20H31N3O2.HI/c1-3-21-19(23-15-20(2)11-6-12-25-20)22-13-17-7-4-5-8-18(17)24-14-16-9-10-16;/h4-5,7-8,16H,3,6,9-15H2,1-2H3,(H2,21,22,23);1H. The molecule has 1 saturated heterocycles. The molecule has 2 N–H and O–H groups in total. The van der Waals surface area contributed by atoms with Gasteiger partial charge in [0.05, 0.1) is 18.8 Å². The summed E-state index contributed by atoms with van der Waals surface area (Å²) in [5.74, 6) is 2.54. The Morgan fingerprint density at radius 1 is 1.31 bits per heavy atom. The van der Waals surface area contributed by atoms with E-state index in [4.69, 9.17) is 14.5 Å². The van der Waals surface area contributed by atoms with Gasteiger partial charge in [-0.25, -0.2) is 4.99 Å². The van der Waals surface area contributed by atoms with Crippen LogP contribution in [0.1, 0.15) is 45.1 Å². The van der Waals surface area contributed by atoms with E-state index in [9.17, 15) is 0 Å². The molecule has 3 rings (SSSR count). The molecule has 146 valence electrons. The summed E-state index contributed by atoms with van der Waals surface area (Å²) in [5, 5.41) is 6.74. The molecule has 1 unspecified atom stereocenters. The van der Waals surface area contributed by atoms with Crippen molar-refractivity contribution in [2.24, 2.45) is 10.9 Å². The fourth-order valence-corrected chi connectivity index (χ4v) is 3.02. The monoisotopic (exact) mass is 473 g/mol. The van der Waals surface area contributed by atoms with Gasteiger partial charge in [-0.1, -0.05) is 18.2 Å². The summed E-state index contributed by atoms with van der Waals surface area (Å²) in [6.07, 6.45) is 4.83. The van der Waals surface area contributed by atoms with Gasteiger partial charge < -0.3 is 20.1 Å². The average Bonchev–Trinajstić information content (AvgIpc) is 3.36. The molecule has 0 bridgehead atoms. The third-order valence-corrected chi connectivity index (χ3v) is 4.83. The lowest BCUT2D eigenvalue weighted by atomic mass is 10.0. The molecular formula is C20H32IN3O2. The number of nitrogens with zero attached hydrogens (tertiary/aromatic N) is 1. The normalized spacial score (nSPS) is 22.6. The van der Waals surface area contributed by atoms with Gasteiger partial charge in [-0.3, -0.25) is 0 Å². The molecule has 1 heterocycles. The fraction of sp³-hybridized carbons (Fsp3) is 0.650. The van der Waals surface area contributed by atoms with Crippen LogP contribution < -0.4 is 15.4 Å². The number of guanidine groups is 1. The first-order valence-electron chi connectivity index (χ1n) is 9.55. The van der Waals surface area contributed by atoms with Crippen LogP contribution >= 0.6 is 24.0 Å². The summed E-state index contributed by atoms with van der Waals surface area (Å²) in [6.45, 7) is 8.15. The van der Waals surface area contributed by atoms with Crippen LogP contribution in [0.15, 0.2) is 29.3 Å². The summed E-state index contributed by atoms with van der Waals surface area (Å²) in [5.41, 5.74) is 1.05. The lowest BCUT2D eigenvalue weighted by Gasteiger charge is -2.24. The van der Waals surface area contributed by atoms with E-state index in [-0.39, 0.29) is 29.6 Å². The summed E-state index contributed by atoms with van der Waals surface area (Å²) < 4.78 is 11.8. The molecule has 1 saturated carbocycles. The minimum Gasteiger partial charge on any atom is -0.493 e. The van der Waals surface area contributed by atoms with Crippen molar-refractivity contribution in [2.75, 3.05) is 26.3 Å². The highest BCUT2D eigenvalue weighted by Crippen LogP contribution is 2.30. The van der Waals surface area contributed by atoms with Crippen molar-refractivity contribution in [3.8, 4) is 5.75 Å². The number of benzene rings is 1. The number of para-hydroxylation sites is 1. The van der Waals surface area contributed by atoms with Gasteiger partial charge >= 0.3 is 0 Å². The van der Waals surface area contributed by atoms with Gasteiger partial charge in [0.25, 0.3) is 0 Å².